The number of hydrogen-bond acceptors (Lipinski definition) is 4. The van der Waals surface area contributed by atoms with Crippen LogP contribution in [0.15, 0.2) is 12.1 Å². The Kier molecular flexibility index (Phi) is 5.21. The van der Waals surface area contributed by atoms with Crippen LogP contribution in [0.3, 0.4) is 0 Å². The Labute approximate surface area is 147 Å². The maximum absolute atomic E-state index is 11.6. The van der Waals surface area contributed by atoms with Crippen LogP contribution in [0.25, 0.3) is 0 Å². The Morgan fingerprint density at radius 1 is 1.29 bits per heavy atom. The predicted octanol–water partition coefficient (Wildman–Crippen LogP) is 3.49. The molecule has 2 aliphatic rings. The summed E-state index contributed by atoms with van der Waals surface area (Å²) in [7, 11) is 3.20. The summed E-state index contributed by atoms with van der Waals surface area (Å²) in [5.74, 6) is 1.62. The van der Waals surface area contributed by atoms with E-state index in [1.54, 1.807) is 27.2 Å². The van der Waals surface area contributed by atoms with Crippen LogP contribution in [0.4, 0.5) is 0 Å². The second-order valence-electron chi connectivity index (χ2n) is 6.53. The molecule has 1 N–H and O–H groups in total. The third kappa shape index (κ3) is 3.33. The van der Waals surface area contributed by atoms with E-state index in [0.717, 1.165) is 24.8 Å². The van der Waals surface area contributed by atoms with Crippen molar-refractivity contribution in [1.82, 2.24) is 5.32 Å². The van der Waals surface area contributed by atoms with E-state index in [-0.39, 0.29) is 24.2 Å². The molecule has 3 rings (SSSR count). The lowest BCUT2D eigenvalue weighted by molar-refractivity contribution is -0.124. The van der Waals surface area contributed by atoms with Crippen LogP contribution in [0.5, 0.6) is 11.5 Å². The highest BCUT2D eigenvalue weighted by Gasteiger charge is 2.43. The van der Waals surface area contributed by atoms with Crippen molar-refractivity contribution in [3.63, 3.8) is 0 Å². The number of methoxy groups -OCH3 is 2. The first-order chi connectivity index (χ1) is 11.5. The first-order valence-corrected chi connectivity index (χ1v) is 8.75. The molecule has 5 nitrogen and oxygen atoms in total. The molecule has 0 radical (unpaired) electrons. The van der Waals surface area contributed by atoms with Gasteiger partial charge >= 0.3 is 0 Å². The minimum Gasteiger partial charge on any atom is -0.493 e. The van der Waals surface area contributed by atoms with Gasteiger partial charge in [-0.25, -0.2) is 0 Å². The second-order valence-corrected chi connectivity index (χ2v) is 6.97. The molecule has 1 saturated heterocycles. The van der Waals surface area contributed by atoms with Crippen LogP contribution in [-0.4, -0.2) is 32.3 Å². The van der Waals surface area contributed by atoms with Gasteiger partial charge in [0.15, 0.2) is 11.5 Å². The van der Waals surface area contributed by atoms with Crippen molar-refractivity contribution < 1.29 is 19.0 Å². The van der Waals surface area contributed by atoms with E-state index in [1.807, 2.05) is 6.07 Å². The molecule has 0 spiro atoms. The smallest absolute Gasteiger partial charge is 0.217 e. The summed E-state index contributed by atoms with van der Waals surface area (Å²) in [6.45, 7) is 1.57. The number of fused-ring (bicyclic) bond motifs is 1. The highest BCUT2D eigenvalue weighted by molar-refractivity contribution is 6.30. The molecule has 132 valence electrons. The maximum atomic E-state index is 11.6. The van der Waals surface area contributed by atoms with Crippen LogP contribution >= 0.6 is 11.6 Å². The van der Waals surface area contributed by atoms with Gasteiger partial charge in [0, 0.05) is 35.5 Å². The molecule has 1 heterocycles. The number of ether oxygens (including phenoxy) is 3. The molecule has 24 heavy (non-hydrogen) atoms. The highest BCUT2D eigenvalue weighted by Crippen LogP contribution is 2.47. The van der Waals surface area contributed by atoms with Crippen LogP contribution in [0.1, 0.15) is 44.3 Å². The molecular formula is C18H24ClNO4. The maximum Gasteiger partial charge on any atom is 0.217 e. The number of carbonyl (C=O) groups excluding carboxylic acids is 1. The first kappa shape index (κ1) is 17.4. The van der Waals surface area contributed by atoms with Gasteiger partial charge in [0.2, 0.25) is 5.91 Å². The molecule has 1 aliphatic heterocycles. The van der Waals surface area contributed by atoms with Gasteiger partial charge in [0.05, 0.1) is 26.4 Å². The van der Waals surface area contributed by atoms with E-state index >= 15 is 0 Å². The van der Waals surface area contributed by atoms with E-state index < -0.39 is 0 Å². The molecule has 0 aromatic heterocycles. The average Bonchev–Trinajstić information content (AvgIpc) is 3.02. The van der Waals surface area contributed by atoms with Gasteiger partial charge in [-0.1, -0.05) is 18.0 Å². The van der Waals surface area contributed by atoms with Crippen molar-refractivity contribution >= 4 is 17.5 Å². The molecular weight excluding hydrogens is 330 g/mol. The molecule has 0 bridgehead atoms. The molecule has 2 fully saturated rings. The SMILES string of the molecule is COc1cc(Cl)cc([C@H]2C[C@@H](NC(C)=O)[C@@H]3CCC[C@H]3O2)c1OC. The van der Waals surface area contributed by atoms with Gasteiger partial charge in [0.1, 0.15) is 0 Å². The monoisotopic (exact) mass is 353 g/mol. The number of carbonyl (C=O) groups is 1. The first-order valence-electron chi connectivity index (χ1n) is 8.37. The fourth-order valence-corrected chi connectivity index (χ4v) is 4.30. The summed E-state index contributed by atoms with van der Waals surface area (Å²) >= 11 is 6.25. The lowest BCUT2D eigenvalue weighted by atomic mass is 9.86. The van der Waals surface area contributed by atoms with Crippen LogP contribution in [0.2, 0.25) is 5.02 Å². The van der Waals surface area contributed by atoms with Crippen molar-refractivity contribution in [2.75, 3.05) is 14.2 Å². The summed E-state index contributed by atoms with van der Waals surface area (Å²) in [6, 6.07) is 3.72. The summed E-state index contributed by atoms with van der Waals surface area (Å²) in [4.78, 5) is 11.6. The predicted molar refractivity (Wildman–Crippen MR) is 91.7 cm³/mol. The van der Waals surface area contributed by atoms with Crippen molar-refractivity contribution in [3.8, 4) is 11.5 Å². The van der Waals surface area contributed by atoms with Gasteiger partial charge in [-0.15, -0.1) is 0 Å². The van der Waals surface area contributed by atoms with Crippen LogP contribution in [0, 0.1) is 5.92 Å². The van der Waals surface area contributed by atoms with E-state index in [0.29, 0.717) is 28.9 Å². The topological polar surface area (TPSA) is 56.8 Å². The third-order valence-electron chi connectivity index (χ3n) is 5.04. The van der Waals surface area contributed by atoms with E-state index in [1.165, 1.54) is 0 Å². The molecule has 0 unspecified atom stereocenters. The zero-order valence-electron chi connectivity index (χ0n) is 14.3. The summed E-state index contributed by atoms with van der Waals surface area (Å²) in [5, 5.41) is 3.69. The lowest BCUT2D eigenvalue weighted by Gasteiger charge is -2.39. The van der Waals surface area contributed by atoms with Gasteiger partial charge in [-0.2, -0.15) is 0 Å². The van der Waals surface area contributed by atoms with Crippen molar-refractivity contribution in [3.05, 3.63) is 22.7 Å². The van der Waals surface area contributed by atoms with E-state index in [2.05, 4.69) is 5.32 Å². The molecule has 1 aliphatic carbocycles. The number of amides is 1. The number of hydrogen-bond donors (Lipinski definition) is 1. The summed E-state index contributed by atoms with van der Waals surface area (Å²) < 4.78 is 17.3. The van der Waals surface area contributed by atoms with Crippen molar-refractivity contribution in [2.24, 2.45) is 5.92 Å². The number of benzene rings is 1. The largest absolute Gasteiger partial charge is 0.493 e. The number of nitrogens with one attached hydrogen (secondary N) is 1. The Balaban J connectivity index is 1.94. The second kappa shape index (κ2) is 7.19. The highest BCUT2D eigenvalue weighted by atomic mass is 35.5. The van der Waals surface area contributed by atoms with Crippen LogP contribution < -0.4 is 14.8 Å². The van der Waals surface area contributed by atoms with E-state index in [9.17, 15) is 4.79 Å². The minimum absolute atomic E-state index is 0.00180. The van der Waals surface area contributed by atoms with Gasteiger partial charge < -0.3 is 19.5 Å². The average molecular weight is 354 g/mol. The third-order valence-corrected chi connectivity index (χ3v) is 5.25. The Hall–Kier alpha value is -1.46. The van der Waals surface area contributed by atoms with Gasteiger partial charge in [-0.05, 0) is 25.3 Å². The standard InChI is InChI=1S/C18H24ClNO4/c1-10(21)20-14-9-16(24-15-6-4-5-12(14)15)13-7-11(19)8-17(22-2)18(13)23-3/h7-8,12,14-16H,4-6,9H2,1-3H3,(H,20,21)/t12-,14+,15+,16+/m0/s1. The number of rotatable bonds is 4. The zero-order valence-corrected chi connectivity index (χ0v) is 15.1. The normalized spacial score (nSPS) is 29.0. The van der Waals surface area contributed by atoms with Gasteiger partial charge in [-0.3, -0.25) is 4.79 Å². The van der Waals surface area contributed by atoms with Crippen molar-refractivity contribution in [2.45, 2.75) is 50.9 Å². The Morgan fingerprint density at radius 3 is 2.75 bits per heavy atom. The summed E-state index contributed by atoms with van der Waals surface area (Å²) in [5.41, 5.74) is 0.877. The quantitative estimate of drug-likeness (QED) is 0.900. The number of halogens is 1. The van der Waals surface area contributed by atoms with Crippen molar-refractivity contribution in [1.29, 1.82) is 0 Å². The Bertz CT molecular complexity index is 621. The lowest BCUT2D eigenvalue weighted by Crippen LogP contribution is -2.47. The molecule has 1 amide bonds. The zero-order chi connectivity index (χ0) is 17.3. The van der Waals surface area contributed by atoms with Gasteiger partial charge in [0.25, 0.3) is 0 Å². The Morgan fingerprint density at radius 2 is 2.08 bits per heavy atom. The molecule has 4 atom stereocenters. The van der Waals surface area contributed by atoms with Crippen LogP contribution in [-0.2, 0) is 9.53 Å². The fraction of sp³-hybridized carbons (Fsp3) is 0.611. The minimum atomic E-state index is -0.177. The molecule has 1 aromatic carbocycles. The molecule has 1 saturated carbocycles. The fourth-order valence-electron chi connectivity index (χ4n) is 4.08. The molecule has 6 heteroatoms. The summed E-state index contributed by atoms with van der Waals surface area (Å²) in [6.07, 6.45) is 3.95. The molecule has 1 aromatic rings. The van der Waals surface area contributed by atoms with E-state index in [4.69, 9.17) is 25.8 Å².